The molecule has 1 amide bonds. The summed E-state index contributed by atoms with van der Waals surface area (Å²) in [5.41, 5.74) is 9.62. The fraction of sp³-hybridized carbons (Fsp3) is 0.250. The predicted molar refractivity (Wildman–Crippen MR) is 128 cm³/mol. The molecule has 1 aliphatic heterocycles. The Labute approximate surface area is 197 Å². The number of carbonyl (C=O) groups excluding carboxylic acids is 1. The summed E-state index contributed by atoms with van der Waals surface area (Å²) < 4.78 is 5.35. The summed E-state index contributed by atoms with van der Waals surface area (Å²) in [7, 11) is 1.58. The van der Waals surface area contributed by atoms with Crippen LogP contribution in [0.15, 0.2) is 54.7 Å². The molecule has 2 N–H and O–H groups in total. The number of nitrogens with zero attached hydrogens (tertiary/aromatic N) is 3. The molecule has 32 heavy (non-hydrogen) atoms. The predicted octanol–water partition coefficient (Wildman–Crippen LogP) is 4.60. The van der Waals surface area contributed by atoms with E-state index in [1.54, 1.807) is 31.5 Å². The van der Waals surface area contributed by atoms with Gasteiger partial charge in [-0.3, -0.25) is 9.69 Å². The maximum absolute atomic E-state index is 13.0. The number of benzene rings is 2. The van der Waals surface area contributed by atoms with Gasteiger partial charge in [0.05, 0.1) is 12.7 Å². The van der Waals surface area contributed by atoms with Crippen molar-refractivity contribution < 1.29 is 9.53 Å². The van der Waals surface area contributed by atoms with Crippen molar-refractivity contribution in [1.82, 2.24) is 14.8 Å². The normalized spacial score (nSPS) is 14.4. The molecule has 8 heteroatoms. The van der Waals surface area contributed by atoms with Gasteiger partial charge in [0.25, 0.3) is 5.91 Å². The van der Waals surface area contributed by atoms with Crippen molar-refractivity contribution in [2.45, 2.75) is 6.54 Å². The SMILES string of the molecule is COc1ccccc1C(=O)N1CCN(Cc2c(-c3cc(Cl)cc(Cl)c3)ccnc2N)CC1. The summed E-state index contributed by atoms with van der Waals surface area (Å²) in [5, 5.41) is 1.13. The van der Waals surface area contributed by atoms with E-state index >= 15 is 0 Å². The highest BCUT2D eigenvalue weighted by Crippen LogP contribution is 2.32. The van der Waals surface area contributed by atoms with Crippen molar-refractivity contribution in [3.8, 4) is 16.9 Å². The van der Waals surface area contributed by atoms with Crippen LogP contribution in [0.1, 0.15) is 15.9 Å². The van der Waals surface area contributed by atoms with E-state index in [1.165, 1.54) is 0 Å². The second-order valence-corrected chi connectivity index (χ2v) is 8.52. The van der Waals surface area contributed by atoms with Crippen LogP contribution in [0.25, 0.3) is 11.1 Å². The average Bonchev–Trinajstić information content (AvgIpc) is 2.79. The van der Waals surface area contributed by atoms with Crippen molar-refractivity contribution >= 4 is 34.9 Å². The first-order valence-electron chi connectivity index (χ1n) is 10.3. The number of anilines is 1. The molecule has 0 aliphatic carbocycles. The van der Waals surface area contributed by atoms with Crippen LogP contribution in [0, 0.1) is 0 Å². The average molecular weight is 471 g/mol. The van der Waals surface area contributed by atoms with Crippen LogP contribution < -0.4 is 10.5 Å². The third-order valence-corrected chi connectivity index (χ3v) is 6.08. The third-order valence-electron chi connectivity index (χ3n) is 5.64. The van der Waals surface area contributed by atoms with Crippen molar-refractivity contribution in [2.24, 2.45) is 0 Å². The first kappa shape index (κ1) is 22.4. The van der Waals surface area contributed by atoms with Gasteiger partial charge in [0.2, 0.25) is 0 Å². The van der Waals surface area contributed by atoms with E-state index in [0.717, 1.165) is 29.8 Å². The molecule has 1 aliphatic rings. The Morgan fingerprint density at radius 2 is 1.75 bits per heavy atom. The summed E-state index contributed by atoms with van der Waals surface area (Å²) in [4.78, 5) is 21.4. The molecule has 0 spiro atoms. The molecule has 0 atom stereocenters. The third kappa shape index (κ3) is 4.83. The van der Waals surface area contributed by atoms with E-state index in [1.807, 2.05) is 35.2 Å². The first-order valence-corrected chi connectivity index (χ1v) is 11.1. The number of hydrogen-bond donors (Lipinski definition) is 1. The smallest absolute Gasteiger partial charge is 0.257 e. The lowest BCUT2D eigenvalue weighted by Crippen LogP contribution is -2.48. The highest BCUT2D eigenvalue weighted by atomic mass is 35.5. The number of nitrogen functional groups attached to an aromatic ring is 1. The number of nitrogens with two attached hydrogens (primary N) is 1. The zero-order chi connectivity index (χ0) is 22.7. The van der Waals surface area contributed by atoms with Gasteiger partial charge < -0.3 is 15.4 Å². The van der Waals surface area contributed by atoms with Crippen LogP contribution in [0.5, 0.6) is 5.75 Å². The number of ether oxygens (including phenoxy) is 1. The molecule has 2 aromatic carbocycles. The standard InChI is InChI=1S/C24H24Cl2N4O2/c1-32-22-5-3-2-4-20(22)24(31)30-10-8-29(9-11-30)15-21-19(6-7-28-23(21)27)16-12-17(25)14-18(26)13-16/h2-7,12-14H,8-11,15H2,1H3,(H2,27,28). The molecule has 3 aromatic rings. The van der Waals surface area contributed by atoms with Gasteiger partial charge in [0.15, 0.2) is 0 Å². The highest BCUT2D eigenvalue weighted by Gasteiger charge is 2.25. The van der Waals surface area contributed by atoms with E-state index < -0.39 is 0 Å². The minimum Gasteiger partial charge on any atom is -0.496 e. The van der Waals surface area contributed by atoms with Gasteiger partial charge >= 0.3 is 0 Å². The molecule has 0 bridgehead atoms. The number of hydrogen-bond acceptors (Lipinski definition) is 5. The lowest BCUT2D eigenvalue weighted by molar-refractivity contribution is 0.0625. The molecule has 1 fully saturated rings. The summed E-state index contributed by atoms with van der Waals surface area (Å²) in [6.07, 6.45) is 1.69. The van der Waals surface area contributed by atoms with Crippen molar-refractivity contribution in [3.05, 3.63) is 75.9 Å². The molecule has 0 saturated carbocycles. The van der Waals surface area contributed by atoms with Gasteiger partial charge in [-0.1, -0.05) is 35.3 Å². The minimum absolute atomic E-state index is 0.0164. The largest absolute Gasteiger partial charge is 0.496 e. The zero-order valence-electron chi connectivity index (χ0n) is 17.7. The summed E-state index contributed by atoms with van der Waals surface area (Å²) >= 11 is 12.4. The van der Waals surface area contributed by atoms with Gasteiger partial charge in [-0.2, -0.15) is 0 Å². The van der Waals surface area contributed by atoms with Crippen LogP contribution in [-0.2, 0) is 6.54 Å². The van der Waals surface area contributed by atoms with Crippen molar-refractivity contribution in [1.29, 1.82) is 0 Å². The second-order valence-electron chi connectivity index (χ2n) is 7.65. The fourth-order valence-corrected chi connectivity index (χ4v) is 4.50. The minimum atomic E-state index is -0.0164. The highest BCUT2D eigenvalue weighted by molar-refractivity contribution is 6.35. The lowest BCUT2D eigenvalue weighted by Gasteiger charge is -2.35. The zero-order valence-corrected chi connectivity index (χ0v) is 19.2. The number of rotatable bonds is 5. The maximum Gasteiger partial charge on any atom is 0.257 e. The number of pyridine rings is 1. The van der Waals surface area contributed by atoms with Crippen LogP contribution in [0.2, 0.25) is 10.0 Å². The van der Waals surface area contributed by atoms with E-state index in [4.69, 9.17) is 33.7 Å². The molecular formula is C24H24Cl2N4O2. The molecular weight excluding hydrogens is 447 g/mol. The fourth-order valence-electron chi connectivity index (χ4n) is 3.98. The number of halogens is 2. The van der Waals surface area contributed by atoms with Crippen LogP contribution >= 0.6 is 23.2 Å². The monoisotopic (exact) mass is 470 g/mol. The Morgan fingerprint density at radius 1 is 1.06 bits per heavy atom. The van der Waals surface area contributed by atoms with Gasteiger partial charge in [0, 0.05) is 54.5 Å². The molecule has 4 rings (SSSR count). The van der Waals surface area contributed by atoms with Gasteiger partial charge in [-0.15, -0.1) is 0 Å². The quantitative estimate of drug-likeness (QED) is 0.589. The topological polar surface area (TPSA) is 71.7 Å². The number of para-hydroxylation sites is 1. The van der Waals surface area contributed by atoms with Gasteiger partial charge in [-0.25, -0.2) is 4.98 Å². The Kier molecular flexibility index (Phi) is 6.84. The molecule has 6 nitrogen and oxygen atoms in total. The molecule has 0 radical (unpaired) electrons. The van der Waals surface area contributed by atoms with Crippen molar-refractivity contribution in [2.75, 3.05) is 39.0 Å². The van der Waals surface area contributed by atoms with Gasteiger partial charge in [-0.05, 0) is 47.5 Å². The Hall–Kier alpha value is -2.80. The lowest BCUT2D eigenvalue weighted by atomic mass is 10.00. The van der Waals surface area contributed by atoms with E-state index in [2.05, 4.69) is 9.88 Å². The Morgan fingerprint density at radius 3 is 2.44 bits per heavy atom. The molecule has 166 valence electrons. The van der Waals surface area contributed by atoms with Crippen LogP contribution in [0.4, 0.5) is 5.82 Å². The maximum atomic E-state index is 13.0. The molecule has 1 saturated heterocycles. The van der Waals surface area contributed by atoms with E-state index in [9.17, 15) is 4.79 Å². The molecule has 0 unspecified atom stereocenters. The number of methoxy groups -OCH3 is 1. The Bertz CT molecular complexity index is 1110. The van der Waals surface area contributed by atoms with Gasteiger partial charge in [0.1, 0.15) is 11.6 Å². The number of carbonyl (C=O) groups is 1. The van der Waals surface area contributed by atoms with E-state index in [-0.39, 0.29) is 5.91 Å². The number of aromatic nitrogens is 1. The van der Waals surface area contributed by atoms with E-state index in [0.29, 0.717) is 46.8 Å². The summed E-state index contributed by atoms with van der Waals surface area (Å²) in [6, 6.07) is 14.7. The molecule has 2 heterocycles. The van der Waals surface area contributed by atoms with Crippen molar-refractivity contribution in [3.63, 3.8) is 0 Å². The summed E-state index contributed by atoms with van der Waals surface area (Å²) in [5.74, 6) is 1.05. The summed E-state index contributed by atoms with van der Waals surface area (Å²) in [6.45, 7) is 3.32. The Balaban J connectivity index is 1.49. The second kappa shape index (κ2) is 9.77. The first-order chi connectivity index (χ1) is 15.5. The number of amides is 1. The van der Waals surface area contributed by atoms with Crippen LogP contribution in [-0.4, -0.2) is 54.0 Å². The molecule has 1 aromatic heterocycles. The van der Waals surface area contributed by atoms with Crippen LogP contribution in [0.3, 0.4) is 0 Å². The number of piperazine rings is 1.